The Labute approximate surface area is 113 Å². The van der Waals surface area contributed by atoms with Gasteiger partial charge in [0.1, 0.15) is 6.33 Å². The quantitative estimate of drug-likeness (QED) is 0.744. The predicted octanol–water partition coefficient (Wildman–Crippen LogP) is 1.42. The third-order valence-corrected chi connectivity index (χ3v) is 2.56. The summed E-state index contributed by atoms with van der Waals surface area (Å²) in [6, 6.07) is 7.13. The minimum absolute atomic E-state index is 0.126. The number of carbonyl (C=O) groups excluding carboxylic acids is 1. The number of H-pyrrole nitrogens is 1. The van der Waals surface area contributed by atoms with Crippen molar-refractivity contribution in [3.8, 4) is 11.5 Å². The first-order valence-corrected chi connectivity index (χ1v) is 5.80. The zero-order valence-corrected chi connectivity index (χ0v) is 10.5. The van der Waals surface area contributed by atoms with E-state index in [4.69, 9.17) is 4.52 Å². The van der Waals surface area contributed by atoms with E-state index < -0.39 is 5.91 Å². The summed E-state index contributed by atoms with van der Waals surface area (Å²) in [5.41, 5.74) is 1.19. The number of aromatic nitrogens is 5. The molecule has 0 saturated carbocycles. The van der Waals surface area contributed by atoms with E-state index in [1.807, 2.05) is 6.07 Å². The van der Waals surface area contributed by atoms with Gasteiger partial charge in [0.2, 0.25) is 5.82 Å². The van der Waals surface area contributed by atoms with Crippen molar-refractivity contribution < 1.29 is 9.32 Å². The van der Waals surface area contributed by atoms with Crippen molar-refractivity contribution in [2.75, 3.05) is 5.32 Å². The molecule has 0 aliphatic heterocycles. The summed E-state index contributed by atoms with van der Waals surface area (Å²) >= 11 is 0. The summed E-state index contributed by atoms with van der Waals surface area (Å²) in [7, 11) is 0. The molecule has 2 aromatic heterocycles. The average Bonchev–Trinajstić information content (AvgIpc) is 3.10. The Bertz CT molecular complexity index is 734. The second kappa shape index (κ2) is 4.92. The number of amides is 1. The van der Waals surface area contributed by atoms with Gasteiger partial charge in [-0.1, -0.05) is 17.3 Å². The van der Waals surface area contributed by atoms with Crippen LogP contribution in [-0.2, 0) is 0 Å². The molecule has 20 heavy (non-hydrogen) atoms. The van der Waals surface area contributed by atoms with Gasteiger partial charge >= 0.3 is 0 Å². The minimum atomic E-state index is -0.397. The number of benzene rings is 1. The van der Waals surface area contributed by atoms with Gasteiger partial charge in [-0.15, -0.1) is 0 Å². The van der Waals surface area contributed by atoms with E-state index in [1.165, 1.54) is 6.33 Å². The van der Waals surface area contributed by atoms with Crippen molar-refractivity contribution in [2.24, 2.45) is 0 Å². The Morgan fingerprint density at radius 2 is 2.20 bits per heavy atom. The normalized spacial score (nSPS) is 10.4. The molecular weight excluding hydrogens is 260 g/mol. The molecule has 0 aliphatic rings. The van der Waals surface area contributed by atoms with Gasteiger partial charge in [-0.05, 0) is 19.1 Å². The zero-order chi connectivity index (χ0) is 13.9. The van der Waals surface area contributed by atoms with Gasteiger partial charge in [0.25, 0.3) is 11.8 Å². The number of hydrogen-bond donors (Lipinski definition) is 2. The molecule has 0 atom stereocenters. The van der Waals surface area contributed by atoms with Gasteiger partial charge < -0.3 is 9.84 Å². The van der Waals surface area contributed by atoms with Crippen molar-refractivity contribution in [1.82, 2.24) is 25.3 Å². The second-order valence-corrected chi connectivity index (χ2v) is 3.98. The van der Waals surface area contributed by atoms with Crippen LogP contribution in [0.3, 0.4) is 0 Å². The summed E-state index contributed by atoms with van der Waals surface area (Å²) < 4.78 is 5.12. The van der Waals surface area contributed by atoms with E-state index in [9.17, 15) is 4.79 Å². The number of aryl methyl sites for hydroxylation is 1. The Hall–Kier alpha value is -3.03. The number of para-hydroxylation sites is 1. The highest BCUT2D eigenvalue weighted by Crippen LogP contribution is 2.26. The fourth-order valence-corrected chi connectivity index (χ4v) is 1.68. The van der Waals surface area contributed by atoms with Gasteiger partial charge in [0.05, 0.1) is 11.3 Å². The molecule has 0 aliphatic carbocycles. The summed E-state index contributed by atoms with van der Waals surface area (Å²) in [4.78, 5) is 19.9. The smallest absolute Gasteiger partial charge is 0.293 e. The number of anilines is 1. The van der Waals surface area contributed by atoms with Crippen molar-refractivity contribution in [3.63, 3.8) is 0 Å². The van der Waals surface area contributed by atoms with Crippen LogP contribution in [-0.4, -0.2) is 31.2 Å². The predicted molar refractivity (Wildman–Crippen MR) is 68.8 cm³/mol. The lowest BCUT2D eigenvalue weighted by atomic mass is 10.1. The number of nitrogens with one attached hydrogen (secondary N) is 2. The van der Waals surface area contributed by atoms with Gasteiger partial charge in [0, 0.05) is 0 Å². The number of hydrogen-bond acceptors (Lipinski definition) is 6. The molecule has 3 rings (SSSR count). The van der Waals surface area contributed by atoms with Crippen LogP contribution in [0.15, 0.2) is 35.1 Å². The Morgan fingerprint density at radius 1 is 1.35 bits per heavy atom. The molecule has 8 nitrogen and oxygen atoms in total. The standard InChI is InChI=1S/C12H10N6O2/c1-7-15-12(20-18-7)8-4-2-3-5-9(8)16-11(19)10-13-6-14-17-10/h2-6H,1H3,(H,16,19)(H,13,14,17). The molecule has 1 aromatic carbocycles. The Kier molecular flexibility index (Phi) is 2.96. The Morgan fingerprint density at radius 3 is 2.90 bits per heavy atom. The Balaban J connectivity index is 1.92. The van der Waals surface area contributed by atoms with E-state index in [-0.39, 0.29) is 5.82 Å². The first-order chi connectivity index (χ1) is 9.74. The van der Waals surface area contributed by atoms with Crippen molar-refractivity contribution in [1.29, 1.82) is 0 Å². The third kappa shape index (κ3) is 2.26. The van der Waals surface area contributed by atoms with Crippen LogP contribution in [0, 0.1) is 6.92 Å². The van der Waals surface area contributed by atoms with Crippen LogP contribution in [0.1, 0.15) is 16.4 Å². The van der Waals surface area contributed by atoms with Crippen molar-refractivity contribution in [2.45, 2.75) is 6.92 Å². The summed E-state index contributed by atoms with van der Waals surface area (Å²) in [6.45, 7) is 1.72. The second-order valence-electron chi connectivity index (χ2n) is 3.98. The number of carbonyl (C=O) groups is 1. The van der Waals surface area contributed by atoms with Crippen LogP contribution in [0.5, 0.6) is 0 Å². The van der Waals surface area contributed by atoms with Gasteiger partial charge in [0.15, 0.2) is 5.82 Å². The molecule has 0 spiro atoms. The van der Waals surface area contributed by atoms with Crippen molar-refractivity contribution >= 4 is 11.6 Å². The zero-order valence-electron chi connectivity index (χ0n) is 10.5. The molecule has 0 radical (unpaired) electrons. The van der Waals surface area contributed by atoms with E-state index in [0.29, 0.717) is 23.0 Å². The largest absolute Gasteiger partial charge is 0.334 e. The summed E-state index contributed by atoms with van der Waals surface area (Å²) in [5.74, 6) is 0.597. The minimum Gasteiger partial charge on any atom is -0.334 e. The maximum Gasteiger partial charge on any atom is 0.293 e. The molecule has 3 aromatic rings. The van der Waals surface area contributed by atoms with E-state index >= 15 is 0 Å². The van der Waals surface area contributed by atoms with E-state index in [1.54, 1.807) is 25.1 Å². The van der Waals surface area contributed by atoms with Gasteiger partial charge in [-0.3, -0.25) is 9.89 Å². The lowest BCUT2D eigenvalue weighted by Gasteiger charge is -2.06. The SMILES string of the molecule is Cc1noc(-c2ccccc2NC(=O)c2ncn[nH]2)n1. The monoisotopic (exact) mass is 270 g/mol. The van der Waals surface area contributed by atoms with Crippen LogP contribution in [0.2, 0.25) is 0 Å². The van der Waals surface area contributed by atoms with Gasteiger partial charge in [-0.2, -0.15) is 10.1 Å². The number of nitrogens with zero attached hydrogens (tertiary/aromatic N) is 4. The number of rotatable bonds is 3. The molecule has 100 valence electrons. The lowest BCUT2D eigenvalue weighted by Crippen LogP contribution is -2.14. The molecule has 0 fully saturated rings. The summed E-state index contributed by atoms with van der Waals surface area (Å²) in [5, 5.41) is 12.6. The number of aromatic amines is 1. The average molecular weight is 270 g/mol. The first-order valence-electron chi connectivity index (χ1n) is 5.80. The van der Waals surface area contributed by atoms with E-state index in [2.05, 4.69) is 30.6 Å². The summed E-state index contributed by atoms with van der Waals surface area (Å²) in [6.07, 6.45) is 1.27. The van der Waals surface area contributed by atoms with Gasteiger partial charge in [-0.25, -0.2) is 4.98 Å². The highest BCUT2D eigenvalue weighted by molar-refractivity contribution is 6.03. The molecule has 2 heterocycles. The van der Waals surface area contributed by atoms with Crippen molar-refractivity contribution in [3.05, 3.63) is 42.2 Å². The molecule has 0 unspecified atom stereocenters. The molecule has 2 N–H and O–H groups in total. The van der Waals surface area contributed by atoms with E-state index in [0.717, 1.165) is 0 Å². The third-order valence-electron chi connectivity index (χ3n) is 2.56. The maximum atomic E-state index is 12.0. The fraction of sp³-hybridized carbons (Fsp3) is 0.0833. The fourth-order valence-electron chi connectivity index (χ4n) is 1.68. The topological polar surface area (TPSA) is 110 Å². The highest BCUT2D eigenvalue weighted by Gasteiger charge is 2.15. The highest BCUT2D eigenvalue weighted by atomic mass is 16.5. The van der Waals surface area contributed by atoms with Crippen LogP contribution >= 0.6 is 0 Å². The lowest BCUT2D eigenvalue weighted by molar-refractivity contribution is 0.101. The first kappa shape index (κ1) is 12.0. The van der Waals surface area contributed by atoms with Crippen LogP contribution < -0.4 is 5.32 Å². The molecular formula is C12H10N6O2. The van der Waals surface area contributed by atoms with Crippen LogP contribution in [0.25, 0.3) is 11.5 Å². The molecule has 8 heteroatoms. The maximum absolute atomic E-state index is 12.0. The molecule has 0 bridgehead atoms. The molecule has 1 amide bonds. The molecule has 0 saturated heterocycles. The van der Waals surface area contributed by atoms with Crippen LogP contribution in [0.4, 0.5) is 5.69 Å².